The number of nitrogens with one attached hydrogen (secondary N) is 1. The first-order valence-electron chi connectivity index (χ1n) is 7.03. The molecule has 1 nitrogen and oxygen atoms in total. The molecule has 2 rings (SSSR count). The van der Waals surface area contributed by atoms with E-state index in [1.54, 1.807) is 0 Å². The van der Waals surface area contributed by atoms with Crippen LogP contribution in [-0.2, 0) is 6.42 Å². The molecule has 0 amide bonds. The molecular formula is C17H18BrClFN. The Morgan fingerprint density at radius 1 is 1.24 bits per heavy atom. The van der Waals surface area contributed by atoms with Crippen LogP contribution in [0.15, 0.2) is 46.9 Å². The van der Waals surface area contributed by atoms with Crippen LogP contribution in [0.3, 0.4) is 0 Å². The van der Waals surface area contributed by atoms with Crippen molar-refractivity contribution >= 4 is 27.5 Å². The monoisotopic (exact) mass is 369 g/mol. The lowest BCUT2D eigenvalue weighted by atomic mass is 9.98. The van der Waals surface area contributed by atoms with Crippen molar-refractivity contribution in [3.05, 3.63) is 68.9 Å². The van der Waals surface area contributed by atoms with E-state index in [0.717, 1.165) is 23.0 Å². The minimum atomic E-state index is -0.195. The molecule has 0 aliphatic carbocycles. The summed E-state index contributed by atoms with van der Waals surface area (Å²) in [6.45, 7) is 2.98. The molecule has 0 bridgehead atoms. The molecule has 2 aromatic carbocycles. The van der Waals surface area contributed by atoms with Gasteiger partial charge in [-0.25, -0.2) is 4.39 Å². The summed E-state index contributed by atoms with van der Waals surface area (Å²) >= 11 is 9.57. The summed E-state index contributed by atoms with van der Waals surface area (Å²) in [6, 6.07) is 12.9. The van der Waals surface area contributed by atoms with Crippen molar-refractivity contribution in [2.45, 2.75) is 25.8 Å². The molecule has 0 radical (unpaired) electrons. The van der Waals surface area contributed by atoms with Crippen molar-refractivity contribution in [1.29, 1.82) is 0 Å². The average molecular weight is 371 g/mol. The molecule has 1 atom stereocenters. The van der Waals surface area contributed by atoms with E-state index in [-0.39, 0.29) is 11.9 Å². The summed E-state index contributed by atoms with van der Waals surface area (Å²) in [4.78, 5) is 0. The lowest BCUT2D eigenvalue weighted by molar-refractivity contribution is 0.513. The summed E-state index contributed by atoms with van der Waals surface area (Å²) < 4.78 is 14.8. The Morgan fingerprint density at radius 3 is 2.67 bits per heavy atom. The second-order valence-corrected chi connectivity index (χ2v) is 6.29. The summed E-state index contributed by atoms with van der Waals surface area (Å²) in [6.07, 6.45) is 1.59. The van der Waals surface area contributed by atoms with E-state index < -0.39 is 0 Å². The maximum absolute atomic E-state index is 14.1. The highest BCUT2D eigenvalue weighted by atomic mass is 79.9. The Balaban J connectivity index is 2.26. The van der Waals surface area contributed by atoms with E-state index >= 15 is 0 Å². The zero-order valence-corrected chi connectivity index (χ0v) is 14.2. The number of rotatable bonds is 6. The zero-order valence-electron chi connectivity index (χ0n) is 11.9. The largest absolute Gasteiger partial charge is 0.310 e. The van der Waals surface area contributed by atoms with Crippen LogP contribution >= 0.6 is 27.5 Å². The maximum Gasteiger partial charge on any atom is 0.127 e. The zero-order chi connectivity index (χ0) is 15.2. The Morgan fingerprint density at radius 2 is 2.00 bits per heavy atom. The van der Waals surface area contributed by atoms with Crippen molar-refractivity contribution in [3.8, 4) is 0 Å². The third-order valence-corrected chi connectivity index (χ3v) is 4.20. The Bertz CT molecular complexity index is 603. The fourth-order valence-corrected chi connectivity index (χ4v) is 2.88. The number of benzene rings is 2. The van der Waals surface area contributed by atoms with Crippen molar-refractivity contribution < 1.29 is 4.39 Å². The van der Waals surface area contributed by atoms with Gasteiger partial charge in [0.25, 0.3) is 0 Å². The normalized spacial score (nSPS) is 12.4. The highest BCUT2D eigenvalue weighted by Gasteiger charge is 2.16. The molecule has 1 N–H and O–H groups in total. The number of hydrogen-bond acceptors (Lipinski definition) is 1. The van der Waals surface area contributed by atoms with E-state index in [9.17, 15) is 4.39 Å². The number of halogens is 3. The Kier molecular flexibility index (Phi) is 6.22. The molecule has 4 heteroatoms. The van der Waals surface area contributed by atoms with Crippen LogP contribution in [0.5, 0.6) is 0 Å². The van der Waals surface area contributed by atoms with Crippen molar-refractivity contribution in [2.75, 3.05) is 6.54 Å². The van der Waals surface area contributed by atoms with E-state index in [2.05, 4.69) is 28.2 Å². The maximum atomic E-state index is 14.1. The van der Waals surface area contributed by atoms with Gasteiger partial charge in [0.15, 0.2) is 0 Å². The highest BCUT2D eigenvalue weighted by Crippen LogP contribution is 2.27. The van der Waals surface area contributed by atoms with Crippen molar-refractivity contribution in [3.63, 3.8) is 0 Å². The first-order chi connectivity index (χ1) is 10.1. The molecule has 112 valence electrons. The lowest BCUT2D eigenvalue weighted by Crippen LogP contribution is -2.24. The predicted molar refractivity (Wildman–Crippen MR) is 90.3 cm³/mol. The molecule has 0 saturated heterocycles. The van der Waals surface area contributed by atoms with Gasteiger partial charge in [-0.2, -0.15) is 0 Å². The topological polar surface area (TPSA) is 12.0 Å². The van der Waals surface area contributed by atoms with Crippen molar-refractivity contribution in [1.82, 2.24) is 5.32 Å². The first kappa shape index (κ1) is 16.5. The second-order valence-electron chi connectivity index (χ2n) is 4.97. The van der Waals surface area contributed by atoms with Crippen LogP contribution in [0.1, 0.15) is 30.5 Å². The van der Waals surface area contributed by atoms with Crippen LogP contribution in [0, 0.1) is 5.82 Å². The molecular weight excluding hydrogens is 353 g/mol. The van der Waals surface area contributed by atoms with Crippen LogP contribution in [0.25, 0.3) is 0 Å². The van der Waals surface area contributed by atoms with E-state index in [0.29, 0.717) is 17.0 Å². The molecule has 0 aliphatic rings. The van der Waals surface area contributed by atoms with E-state index in [4.69, 9.17) is 11.6 Å². The Hall–Kier alpha value is -0.900. The summed E-state index contributed by atoms with van der Waals surface area (Å²) in [7, 11) is 0. The van der Waals surface area contributed by atoms with Crippen molar-refractivity contribution in [2.24, 2.45) is 0 Å². The van der Waals surface area contributed by atoms with Crippen LogP contribution < -0.4 is 5.32 Å². The number of hydrogen-bond donors (Lipinski definition) is 1. The van der Waals surface area contributed by atoms with Gasteiger partial charge in [0.2, 0.25) is 0 Å². The third kappa shape index (κ3) is 4.53. The van der Waals surface area contributed by atoms with Crippen LogP contribution in [0.2, 0.25) is 5.02 Å². The molecule has 0 fully saturated rings. The molecule has 0 spiro atoms. The summed E-state index contributed by atoms with van der Waals surface area (Å²) in [5.41, 5.74) is 1.70. The summed E-state index contributed by atoms with van der Waals surface area (Å²) in [5.74, 6) is -0.195. The van der Waals surface area contributed by atoms with E-state index in [1.807, 2.05) is 36.4 Å². The quantitative estimate of drug-likeness (QED) is 0.705. The fourth-order valence-electron chi connectivity index (χ4n) is 2.28. The van der Waals surface area contributed by atoms with Gasteiger partial charge < -0.3 is 5.32 Å². The van der Waals surface area contributed by atoms with Gasteiger partial charge in [-0.3, -0.25) is 0 Å². The van der Waals surface area contributed by atoms with Gasteiger partial charge in [-0.05, 0) is 48.7 Å². The smallest absolute Gasteiger partial charge is 0.127 e. The molecule has 21 heavy (non-hydrogen) atoms. The molecule has 0 heterocycles. The molecule has 0 saturated carbocycles. The minimum absolute atomic E-state index is 0.00863. The standard InChI is InChI=1S/C17H18BrClFN/c1-2-9-21-17(14-5-3-4-6-15(14)19)10-12-7-8-13(18)11-16(12)20/h3-8,11,17,21H,2,9-10H2,1H3. The molecule has 2 aromatic rings. The van der Waals surface area contributed by atoms with Gasteiger partial charge in [0.05, 0.1) is 0 Å². The molecule has 1 unspecified atom stereocenters. The summed E-state index contributed by atoms with van der Waals surface area (Å²) in [5, 5.41) is 4.17. The first-order valence-corrected chi connectivity index (χ1v) is 8.20. The minimum Gasteiger partial charge on any atom is -0.310 e. The SMILES string of the molecule is CCCNC(Cc1ccc(Br)cc1F)c1ccccc1Cl. The highest BCUT2D eigenvalue weighted by molar-refractivity contribution is 9.10. The van der Waals surface area contributed by atoms with E-state index in [1.165, 1.54) is 6.07 Å². The van der Waals surface area contributed by atoms with Gasteiger partial charge >= 0.3 is 0 Å². The Labute approximate surface area is 138 Å². The van der Waals surface area contributed by atoms with Gasteiger partial charge in [-0.15, -0.1) is 0 Å². The van der Waals surface area contributed by atoms with Gasteiger partial charge in [0, 0.05) is 15.5 Å². The van der Waals surface area contributed by atoms with Gasteiger partial charge in [0.1, 0.15) is 5.82 Å². The lowest BCUT2D eigenvalue weighted by Gasteiger charge is -2.20. The predicted octanol–water partition coefficient (Wildman–Crippen LogP) is 5.53. The average Bonchev–Trinajstić information content (AvgIpc) is 2.46. The third-order valence-electron chi connectivity index (χ3n) is 3.36. The van der Waals surface area contributed by atoms with Crippen LogP contribution in [-0.4, -0.2) is 6.54 Å². The fraction of sp³-hybridized carbons (Fsp3) is 0.294. The van der Waals surface area contributed by atoms with Crippen LogP contribution in [0.4, 0.5) is 4.39 Å². The van der Waals surface area contributed by atoms with Gasteiger partial charge in [-0.1, -0.05) is 58.7 Å². The molecule has 0 aliphatic heterocycles. The second kappa shape index (κ2) is 7.92. The molecule has 0 aromatic heterocycles.